The van der Waals surface area contributed by atoms with Crippen molar-refractivity contribution in [3.05, 3.63) is 29.7 Å². The Morgan fingerprint density at radius 2 is 1.88 bits per heavy atom. The fourth-order valence-corrected chi connectivity index (χ4v) is 2.01. The third-order valence-electron chi connectivity index (χ3n) is 1.77. The first kappa shape index (κ1) is 13.3. The van der Waals surface area contributed by atoms with Crippen LogP contribution in [0, 0.1) is 5.21 Å². The maximum Gasteiger partial charge on any atom is 0.256 e. The van der Waals surface area contributed by atoms with Gasteiger partial charge in [-0.3, -0.25) is 14.6 Å². The lowest BCUT2D eigenvalue weighted by Crippen LogP contribution is -2.32. The van der Waals surface area contributed by atoms with E-state index in [1.54, 1.807) is 0 Å². The fraction of sp³-hybridized carbons (Fsp3) is 0.222. The standard InChI is InChI=1S/C9H9N2O5S/c1-7(12)6-9(13)11(14)17(15,16)8-2-4-10-5-3-8/h2-5H,6H2,1H3/q-1. The van der Waals surface area contributed by atoms with E-state index in [-0.39, 0.29) is 4.90 Å². The summed E-state index contributed by atoms with van der Waals surface area (Å²) in [5.74, 6) is -1.89. The van der Waals surface area contributed by atoms with Crippen LogP contribution >= 0.6 is 0 Å². The largest absolute Gasteiger partial charge is 0.742 e. The second-order valence-corrected chi connectivity index (χ2v) is 4.94. The molecule has 8 heteroatoms. The number of hydroxylamine groups is 1. The minimum absolute atomic E-state index is 0.348. The van der Waals surface area contributed by atoms with Crippen molar-refractivity contribution in [2.45, 2.75) is 18.2 Å². The molecule has 1 heterocycles. The maximum absolute atomic E-state index is 11.6. The Balaban J connectivity index is 3.00. The number of hydrogen-bond acceptors (Lipinski definition) is 6. The van der Waals surface area contributed by atoms with Gasteiger partial charge in [-0.25, -0.2) is 8.42 Å². The first-order valence-electron chi connectivity index (χ1n) is 4.50. The molecule has 0 radical (unpaired) electrons. The molecule has 0 spiro atoms. The zero-order chi connectivity index (χ0) is 13.1. The third-order valence-corrected chi connectivity index (χ3v) is 3.28. The van der Waals surface area contributed by atoms with Gasteiger partial charge in [0.15, 0.2) is 0 Å². The SMILES string of the molecule is CC(=O)CC(=O)N([O-])S(=O)(=O)c1ccncc1. The molecule has 0 unspecified atom stereocenters. The average molecular weight is 257 g/mol. The number of hydrogen-bond donors (Lipinski definition) is 0. The highest BCUT2D eigenvalue weighted by Gasteiger charge is 2.21. The Bertz CT molecular complexity index is 526. The summed E-state index contributed by atoms with van der Waals surface area (Å²) in [5, 5.41) is 11.3. The van der Waals surface area contributed by atoms with E-state index in [9.17, 15) is 23.2 Å². The number of nitrogens with zero attached hydrogens (tertiary/aromatic N) is 2. The molecule has 1 rings (SSSR count). The van der Waals surface area contributed by atoms with Crippen LogP contribution < -0.4 is 0 Å². The van der Waals surface area contributed by atoms with Gasteiger partial charge in [0, 0.05) is 12.4 Å². The number of carbonyl (C=O) groups excluding carboxylic acids is 2. The molecule has 0 aliphatic carbocycles. The summed E-state index contributed by atoms with van der Waals surface area (Å²) in [6, 6.07) is 2.17. The number of rotatable bonds is 4. The molecule has 1 aromatic heterocycles. The predicted octanol–water partition coefficient (Wildman–Crippen LogP) is 0.0758. The molecule has 0 N–H and O–H groups in total. The van der Waals surface area contributed by atoms with Crippen LogP contribution in [0.1, 0.15) is 13.3 Å². The second kappa shape index (κ2) is 5.02. The molecule has 0 aliphatic rings. The van der Waals surface area contributed by atoms with Crippen LogP contribution in [0.3, 0.4) is 0 Å². The lowest BCUT2D eigenvalue weighted by Gasteiger charge is -2.26. The van der Waals surface area contributed by atoms with Crippen molar-refractivity contribution in [2.75, 3.05) is 0 Å². The molecule has 0 saturated carbocycles. The van der Waals surface area contributed by atoms with E-state index in [1.807, 2.05) is 0 Å². The lowest BCUT2D eigenvalue weighted by atomic mass is 10.3. The molecule has 0 saturated heterocycles. The van der Waals surface area contributed by atoms with Gasteiger partial charge in [0.2, 0.25) is 5.91 Å². The third kappa shape index (κ3) is 3.08. The van der Waals surface area contributed by atoms with Gasteiger partial charge in [0.25, 0.3) is 10.0 Å². The van der Waals surface area contributed by atoms with Crippen molar-refractivity contribution in [3.63, 3.8) is 0 Å². The number of sulfonamides is 1. The zero-order valence-electron chi connectivity index (χ0n) is 8.86. The van der Waals surface area contributed by atoms with Crippen molar-refractivity contribution in [3.8, 4) is 0 Å². The van der Waals surface area contributed by atoms with Gasteiger partial charge in [-0.1, -0.05) is 0 Å². The van der Waals surface area contributed by atoms with Crippen LogP contribution in [0.5, 0.6) is 0 Å². The number of ketones is 1. The highest BCUT2D eigenvalue weighted by Crippen LogP contribution is 2.14. The molecular formula is C9H9N2O5S-. The normalized spacial score (nSPS) is 10.9. The van der Waals surface area contributed by atoms with Gasteiger partial charge in [0.1, 0.15) is 5.78 Å². The van der Waals surface area contributed by atoms with E-state index < -0.39 is 32.6 Å². The van der Waals surface area contributed by atoms with Gasteiger partial charge < -0.3 is 9.68 Å². The summed E-state index contributed by atoms with van der Waals surface area (Å²) in [6.45, 7) is 1.09. The first-order chi connectivity index (χ1) is 7.85. The van der Waals surface area contributed by atoms with E-state index in [2.05, 4.69) is 4.98 Å². The van der Waals surface area contributed by atoms with Crippen LogP contribution in [0.15, 0.2) is 29.4 Å². The number of amides is 1. The first-order valence-corrected chi connectivity index (χ1v) is 5.94. The fourth-order valence-electron chi connectivity index (χ4n) is 1.02. The molecule has 0 aliphatic heterocycles. The number of aromatic nitrogens is 1. The summed E-state index contributed by atoms with van der Waals surface area (Å²) < 4.78 is 22.5. The quantitative estimate of drug-likeness (QED) is 0.558. The van der Waals surface area contributed by atoms with Crippen molar-refractivity contribution >= 4 is 21.7 Å². The average Bonchev–Trinajstić information content (AvgIpc) is 2.28. The molecule has 92 valence electrons. The van der Waals surface area contributed by atoms with Crippen molar-refractivity contribution in [1.29, 1.82) is 0 Å². The minimum Gasteiger partial charge on any atom is -0.742 e. The van der Waals surface area contributed by atoms with Crippen LogP contribution in [0.4, 0.5) is 0 Å². The highest BCUT2D eigenvalue weighted by atomic mass is 32.2. The van der Waals surface area contributed by atoms with Crippen LogP contribution in [-0.4, -0.2) is 29.6 Å². The Morgan fingerprint density at radius 1 is 1.35 bits per heavy atom. The summed E-state index contributed by atoms with van der Waals surface area (Å²) in [5.41, 5.74) is 0. The van der Waals surface area contributed by atoms with Crippen LogP contribution in [0.25, 0.3) is 0 Å². The number of carbonyl (C=O) groups is 2. The molecule has 0 aromatic carbocycles. The lowest BCUT2D eigenvalue weighted by molar-refractivity contribution is -0.129. The van der Waals surface area contributed by atoms with Gasteiger partial charge in [0.05, 0.1) is 11.3 Å². The molecule has 0 bridgehead atoms. The Labute approximate surface area is 97.7 Å². The van der Waals surface area contributed by atoms with E-state index >= 15 is 0 Å². The van der Waals surface area contributed by atoms with Crippen LogP contribution in [0.2, 0.25) is 0 Å². The second-order valence-electron chi connectivity index (χ2n) is 3.19. The molecular weight excluding hydrogens is 248 g/mol. The Kier molecular flexibility index (Phi) is 3.92. The van der Waals surface area contributed by atoms with Gasteiger partial charge in [-0.05, 0) is 19.1 Å². The van der Waals surface area contributed by atoms with E-state index in [0.717, 1.165) is 19.1 Å². The van der Waals surface area contributed by atoms with E-state index in [1.165, 1.54) is 12.4 Å². The predicted molar refractivity (Wildman–Crippen MR) is 56.9 cm³/mol. The van der Waals surface area contributed by atoms with Gasteiger partial charge >= 0.3 is 0 Å². The van der Waals surface area contributed by atoms with Crippen molar-refractivity contribution < 1.29 is 18.0 Å². The number of pyridine rings is 1. The molecule has 1 aromatic rings. The maximum atomic E-state index is 11.6. The summed E-state index contributed by atoms with van der Waals surface area (Å²) in [6.07, 6.45) is 1.61. The monoisotopic (exact) mass is 257 g/mol. The molecule has 0 fully saturated rings. The minimum atomic E-state index is -4.45. The molecule has 7 nitrogen and oxygen atoms in total. The topological polar surface area (TPSA) is 107 Å². The Hall–Kier alpha value is -1.80. The molecule has 0 atom stereocenters. The zero-order valence-corrected chi connectivity index (χ0v) is 9.68. The Morgan fingerprint density at radius 3 is 2.35 bits per heavy atom. The van der Waals surface area contributed by atoms with Gasteiger partial charge in [-0.2, -0.15) is 0 Å². The van der Waals surface area contributed by atoms with Crippen molar-refractivity contribution in [2.24, 2.45) is 0 Å². The van der Waals surface area contributed by atoms with E-state index in [0.29, 0.717) is 0 Å². The van der Waals surface area contributed by atoms with Crippen LogP contribution in [-0.2, 0) is 19.6 Å². The molecule has 17 heavy (non-hydrogen) atoms. The van der Waals surface area contributed by atoms with Gasteiger partial charge in [-0.15, -0.1) is 0 Å². The highest BCUT2D eigenvalue weighted by molar-refractivity contribution is 7.89. The summed E-state index contributed by atoms with van der Waals surface area (Å²) in [4.78, 5) is 25.0. The summed E-state index contributed by atoms with van der Waals surface area (Å²) in [7, 11) is -4.45. The molecule has 1 amide bonds. The number of Topliss-reactive ketones (excluding diaryl/α,β-unsaturated/α-hetero) is 1. The van der Waals surface area contributed by atoms with E-state index in [4.69, 9.17) is 0 Å². The van der Waals surface area contributed by atoms with Crippen molar-refractivity contribution in [1.82, 2.24) is 9.45 Å². The smallest absolute Gasteiger partial charge is 0.256 e. The summed E-state index contributed by atoms with van der Waals surface area (Å²) >= 11 is 0.